The summed E-state index contributed by atoms with van der Waals surface area (Å²) in [5.41, 5.74) is 1.33. The lowest BCUT2D eigenvalue weighted by Crippen LogP contribution is -2.43. The number of hydrogen-bond donors (Lipinski definition) is 0. The molecule has 1 aromatic heterocycles. The summed E-state index contributed by atoms with van der Waals surface area (Å²) in [4.78, 5) is 2.44. The van der Waals surface area contributed by atoms with E-state index in [9.17, 15) is 8.42 Å². The topological polar surface area (TPSA) is 77.3 Å². The van der Waals surface area contributed by atoms with Gasteiger partial charge in [0.05, 0.1) is 24.2 Å². The van der Waals surface area contributed by atoms with Gasteiger partial charge in [-0.3, -0.25) is 4.90 Å². The smallest absolute Gasteiger partial charge is 0.191 e. The molecule has 0 saturated carbocycles. The van der Waals surface area contributed by atoms with Crippen molar-refractivity contribution >= 4 is 21.6 Å². The lowest BCUT2D eigenvalue weighted by molar-refractivity contribution is -0.0187. The summed E-state index contributed by atoms with van der Waals surface area (Å²) >= 11 is 1.66. The standard InChI is InChI=1S/C20H28N4O3S2/c1-23-19(11-17-7-10-29(25,26)15-17)21-22-20(23)28-14-18-13-24(8-9-27-18)12-16-5-3-2-4-6-16/h2-6,17-18H,7-15H2,1H3/t17-,18+/m0/s1. The molecule has 29 heavy (non-hydrogen) atoms. The van der Waals surface area contributed by atoms with E-state index >= 15 is 0 Å². The molecule has 0 amide bonds. The van der Waals surface area contributed by atoms with Crippen LogP contribution in [0.5, 0.6) is 0 Å². The van der Waals surface area contributed by atoms with Crippen molar-refractivity contribution in [1.82, 2.24) is 19.7 Å². The molecule has 7 nitrogen and oxygen atoms in total. The molecule has 2 saturated heterocycles. The maximum atomic E-state index is 11.7. The Morgan fingerprint density at radius 2 is 2.07 bits per heavy atom. The van der Waals surface area contributed by atoms with Gasteiger partial charge in [-0.05, 0) is 17.9 Å². The normalized spacial score (nSPS) is 24.7. The maximum absolute atomic E-state index is 11.7. The van der Waals surface area contributed by atoms with E-state index in [4.69, 9.17) is 4.74 Å². The zero-order valence-corrected chi connectivity index (χ0v) is 18.4. The first-order chi connectivity index (χ1) is 14.0. The van der Waals surface area contributed by atoms with Crippen LogP contribution in [0.4, 0.5) is 0 Å². The van der Waals surface area contributed by atoms with Crippen molar-refractivity contribution in [1.29, 1.82) is 0 Å². The quantitative estimate of drug-likeness (QED) is 0.612. The molecule has 2 fully saturated rings. The number of ether oxygens (including phenoxy) is 1. The highest BCUT2D eigenvalue weighted by atomic mass is 32.2. The van der Waals surface area contributed by atoms with Gasteiger partial charge in [-0.2, -0.15) is 0 Å². The second-order valence-electron chi connectivity index (χ2n) is 7.96. The number of morpholine rings is 1. The molecular formula is C20H28N4O3S2. The molecule has 9 heteroatoms. The van der Waals surface area contributed by atoms with Crippen LogP contribution in [0.1, 0.15) is 17.8 Å². The lowest BCUT2D eigenvalue weighted by atomic mass is 10.1. The highest BCUT2D eigenvalue weighted by Crippen LogP contribution is 2.25. The summed E-state index contributed by atoms with van der Waals surface area (Å²) in [7, 11) is -0.895. The van der Waals surface area contributed by atoms with Gasteiger partial charge in [0.15, 0.2) is 15.0 Å². The Morgan fingerprint density at radius 3 is 2.83 bits per heavy atom. The number of aromatic nitrogens is 3. The largest absolute Gasteiger partial charge is 0.375 e. The second-order valence-corrected chi connectivity index (χ2v) is 11.2. The molecule has 0 spiro atoms. The van der Waals surface area contributed by atoms with E-state index in [0.29, 0.717) is 12.2 Å². The van der Waals surface area contributed by atoms with E-state index in [1.54, 1.807) is 11.8 Å². The van der Waals surface area contributed by atoms with Crippen molar-refractivity contribution < 1.29 is 13.2 Å². The molecule has 2 aliphatic heterocycles. The first-order valence-electron chi connectivity index (χ1n) is 10.1. The Kier molecular flexibility index (Phi) is 6.58. The molecule has 1 aromatic carbocycles. The van der Waals surface area contributed by atoms with Crippen LogP contribution in [0.25, 0.3) is 0 Å². The summed E-state index contributed by atoms with van der Waals surface area (Å²) < 4.78 is 31.3. The fourth-order valence-corrected chi connectivity index (χ4v) is 6.77. The van der Waals surface area contributed by atoms with Crippen LogP contribution in [0, 0.1) is 5.92 Å². The Hall–Kier alpha value is -1.42. The van der Waals surface area contributed by atoms with E-state index in [1.807, 2.05) is 17.7 Å². The van der Waals surface area contributed by atoms with E-state index in [1.165, 1.54) is 5.56 Å². The molecule has 3 heterocycles. The predicted molar refractivity (Wildman–Crippen MR) is 114 cm³/mol. The van der Waals surface area contributed by atoms with Gasteiger partial charge in [-0.15, -0.1) is 10.2 Å². The van der Waals surface area contributed by atoms with Crippen LogP contribution in [-0.4, -0.2) is 71.1 Å². The second kappa shape index (κ2) is 9.16. The van der Waals surface area contributed by atoms with Crippen molar-refractivity contribution in [3.8, 4) is 0 Å². The number of rotatable bonds is 7. The third-order valence-electron chi connectivity index (χ3n) is 5.59. The molecule has 0 N–H and O–H groups in total. The minimum Gasteiger partial charge on any atom is -0.375 e. The van der Waals surface area contributed by atoms with Gasteiger partial charge < -0.3 is 9.30 Å². The molecule has 2 atom stereocenters. The predicted octanol–water partition coefficient (Wildman–Crippen LogP) is 1.79. The molecule has 158 valence electrons. The Labute approximate surface area is 176 Å². The average Bonchev–Trinajstić information content (AvgIpc) is 3.23. The van der Waals surface area contributed by atoms with Crippen molar-refractivity contribution in [3.05, 3.63) is 41.7 Å². The maximum Gasteiger partial charge on any atom is 0.191 e. The fraction of sp³-hybridized carbons (Fsp3) is 0.600. The summed E-state index contributed by atoms with van der Waals surface area (Å²) in [6.07, 6.45) is 1.57. The van der Waals surface area contributed by atoms with Crippen molar-refractivity contribution in [2.75, 3.05) is 37.0 Å². The molecule has 0 bridgehead atoms. The third-order valence-corrected chi connectivity index (χ3v) is 8.58. The van der Waals surface area contributed by atoms with Gasteiger partial charge in [-0.1, -0.05) is 42.1 Å². The molecule has 4 rings (SSSR count). The lowest BCUT2D eigenvalue weighted by Gasteiger charge is -2.32. The molecule has 2 aromatic rings. The molecule has 2 aliphatic rings. The molecule has 0 radical (unpaired) electrons. The van der Waals surface area contributed by atoms with E-state index < -0.39 is 9.84 Å². The summed E-state index contributed by atoms with van der Waals surface area (Å²) in [6, 6.07) is 10.5. The number of thioether (sulfide) groups is 1. The van der Waals surface area contributed by atoms with Crippen LogP contribution in [-0.2, 0) is 34.6 Å². The Bertz CT molecular complexity index is 917. The van der Waals surface area contributed by atoms with Crippen LogP contribution in [0.2, 0.25) is 0 Å². The SMILES string of the molecule is Cn1c(C[C@@H]2CCS(=O)(=O)C2)nnc1SC[C@H]1CN(Cc2ccccc2)CCO1. The van der Waals surface area contributed by atoms with Gasteiger partial charge in [-0.25, -0.2) is 8.42 Å². The Morgan fingerprint density at radius 1 is 1.24 bits per heavy atom. The molecule has 0 aliphatic carbocycles. The van der Waals surface area contributed by atoms with Gasteiger partial charge in [0.25, 0.3) is 0 Å². The average molecular weight is 437 g/mol. The molecule has 0 unspecified atom stereocenters. The number of nitrogens with zero attached hydrogens (tertiary/aromatic N) is 4. The van der Waals surface area contributed by atoms with Crippen LogP contribution < -0.4 is 0 Å². The fourth-order valence-electron chi connectivity index (χ4n) is 3.97. The summed E-state index contributed by atoms with van der Waals surface area (Å²) in [5, 5.41) is 9.50. The van der Waals surface area contributed by atoms with Crippen molar-refractivity contribution in [2.24, 2.45) is 13.0 Å². The van der Waals surface area contributed by atoms with Gasteiger partial charge in [0, 0.05) is 38.9 Å². The van der Waals surface area contributed by atoms with Crippen LogP contribution in [0.15, 0.2) is 35.5 Å². The zero-order chi connectivity index (χ0) is 20.3. The van der Waals surface area contributed by atoms with E-state index in [0.717, 1.165) is 49.4 Å². The third kappa shape index (κ3) is 5.59. The van der Waals surface area contributed by atoms with Gasteiger partial charge in [0.2, 0.25) is 0 Å². The minimum atomic E-state index is -2.86. The van der Waals surface area contributed by atoms with Crippen LogP contribution in [0.3, 0.4) is 0 Å². The number of benzene rings is 1. The van der Waals surface area contributed by atoms with Gasteiger partial charge >= 0.3 is 0 Å². The van der Waals surface area contributed by atoms with Crippen molar-refractivity contribution in [2.45, 2.75) is 30.6 Å². The Balaban J connectivity index is 1.28. The zero-order valence-electron chi connectivity index (χ0n) is 16.7. The highest BCUT2D eigenvalue weighted by molar-refractivity contribution is 7.99. The van der Waals surface area contributed by atoms with Gasteiger partial charge in [0.1, 0.15) is 5.82 Å². The number of sulfone groups is 1. The number of hydrogen-bond acceptors (Lipinski definition) is 7. The monoisotopic (exact) mass is 436 g/mol. The van der Waals surface area contributed by atoms with E-state index in [2.05, 4.69) is 39.4 Å². The summed E-state index contributed by atoms with van der Waals surface area (Å²) in [5.74, 6) is 2.43. The summed E-state index contributed by atoms with van der Waals surface area (Å²) in [6.45, 7) is 3.56. The van der Waals surface area contributed by atoms with E-state index in [-0.39, 0.29) is 17.8 Å². The van der Waals surface area contributed by atoms with Crippen molar-refractivity contribution in [3.63, 3.8) is 0 Å². The first-order valence-corrected chi connectivity index (χ1v) is 12.9. The highest BCUT2D eigenvalue weighted by Gasteiger charge is 2.29. The minimum absolute atomic E-state index is 0.161. The first kappa shape index (κ1) is 20.8. The molecular weight excluding hydrogens is 408 g/mol. The van der Waals surface area contributed by atoms with Crippen LogP contribution >= 0.6 is 11.8 Å².